The van der Waals surface area contributed by atoms with Crippen LogP contribution in [0, 0.1) is 18.3 Å². The summed E-state index contributed by atoms with van der Waals surface area (Å²) in [6.07, 6.45) is 0. The average molecular weight is 290 g/mol. The molecule has 0 unspecified atom stereocenters. The number of anilines is 1. The molecule has 2 rings (SSSR count). The van der Waals surface area contributed by atoms with Gasteiger partial charge in [0.25, 0.3) is 0 Å². The molecule has 0 fully saturated rings. The number of hydrogen-bond acceptors (Lipinski definition) is 6. The SMILES string of the molecule is Cc1ccc(C#N)cc1Oc1nc(Cl)nc(N(C)C)n1. The van der Waals surface area contributed by atoms with Crippen LogP contribution in [0.3, 0.4) is 0 Å². The molecule has 0 N–H and O–H groups in total. The van der Waals surface area contributed by atoms with Crippen LogP contribution in [0.15, 0.2) is 18.2 Å². The Bertz CT molecular complexity index is 681. The van der Waals surface area contributed by atoms with Gasteiger partial charge in [0.15, 0.2) is 0 Å². The first-order valence-electron chi connectivity index (χ1n) is 5.77. The Morgan fingerprint density at radius 1 is 1.25 bits per heavy atom. The van der Waals surface area contributed by atoms with E-state index in [2.05, 4.69) is 21.0 Å². The highest BCUT2D eigenvalue weighted by molar-refractivity contribution is 6.28. The van der Waals surface area contributed by atoms with Crippen molar-refractivity contribution in [2.45, 2.75) is 6.92 Å². The van der Waals surface area contributed by atoms with Crippen LogP contribution in [0.4, 0.5) is 5.95 Å². The van der Waals surface area contributed by atoms with Crippen LogP contribution in [-0.2, 0) is 0 Å². The molecule has 1 aromatic heterocycles. The first-order valence-corrected chi connectivity index (χ1v) is 6.15. The molecule has 1 aromatic carbocycles. The highest BCUT2D eigenvalue weighted by Crippen LogP contribution is 2.25. The number of halogens is 1. The van der Waals surface area contributed by atoms with Gasteiger partial charge >= 0.3 is 6.01 Å². The smallest absolute Gasteiger partial charge is 0.328 e. The van der Waals surface area contributed by atoms with E-state index in [1.165, 1.54) is 0 Å². The van der Waals surface area contributed by atoms with Crippen molar-refractivity contribution in [2.24, 2.45) is 0 Å². The van der Waals surface area contributed by atoms with Gasteiger partial charge in [-0.3, -0.25) is 0 Å². The minimum Gasteiger partial charge on any atom is -0.424 e. The van der Waals surface area contributed by atoms with Crippen molar-refractivity contribution in [1.82, 2.24) is 15.0 Å². The van der Waals surface area contributed by atoms with Gasteiger partial charge in [0.05, 0.1) is 11.6 Å². The number of aromatic nitrogens is 3. The number of hydrogen-bond donors (Lipinski definition) is 0. The normalized spacial score (nSPS) is 9.95. The lowest BCUT2D eigenvalue weighted by Gasteiger charge is -2.12. The van der Waals surface area contributed by atoms with Gasteiger partial charge in [-0.05, 0) is 36.2 Å². The second-order valence-electron chi connectivity index (χ2n) is 4.28. The maximum Gasteiger partial charge on any atom is 0.328 e. The van der Waals surface area contributed by atoms with E-state index in [1.807, 2.05) is 6.92 Å². The highest BCUT2D eigenvalue weighted by Gasteiger charge is 2.10. The van der Waals surface area contributed by atoms with Gasteiger partial charge in [-0.15, -0.1) is 0 Å². The van der Waals surface area contributed by atoms with Crippen LogP contribution in [0.1, 0.15) is 11.1 Å². The fourth-order valence-electron chi connectivity index (χ4n) is 1.45. The molecule has 20 heavy (non-hydrogen) atoms. The minimum atomic E-state index is 0.0489. The second-order valence-corrected chi connectivity index (χ2v) is 4.61. The molecule has 0 aliphatic rings. The quantitative estimate of drug-likeness (QED) is 0.864. The Morgan fingerprint density at radius 3 is 2.65 bits per heavy atom. The molecule has 0 spiro atoms. The predicted octanol–water partition coefficient (Wildman–Crippen LogP) is 2.56. The zero-order valence-corrected chi connectivity index (χ0v) is 12.0. The molecule has 0 aliphatic heterocycles. The fraction of sp³-hybridized carbons (Fsp3) is 0.231. The number of rotatable bonds is 3. The molecule has 0 radical (unpaired) electrons. The van der Waals surface area contributed by atoms with E-state index in [1.54, 1.807) is 37.2 Å². The lowest BCUT2D eigenvalue weighted by molar-refractivity contribution is 0.436. The Labute approximate surface area is 121 Å². The van der Waals surface area contributed by atoms with Gasteiger partial charge < -0.3 is 9.64 Å². The number of ether oxygens (including phenoxy) is 1. The van der Waals surface area contributed by atoms with E-state index in [9.17, 15) is 0 Å². The van der Waals surface area contributed by atoms with Crippen LogP contribution in [0.25, 0.3) is 0 Å². The molecular formula is C13H12ClN5O. The summed E-state index contributed by atoms with van der Waals surface area (Å²) in [7, 11) is 3.58. The van der Waals surface area contributed by atoms with Crippen LogP contribution >= 0.6 is 11.6 Å². The maximum absolute atomic E-state index is 8.91. The summed E-state index contributed by atoms with van der Waals surface area (Å²) in [6.45, 7) is 1.87. The molecule has 0 saturated carbocycles. The Hall–Kier alpha value is -2.39. The zero-order chi connectivity index (χ0) is 14.7. The molecule has 1 heterocycles. The van der Waals surface area contributed by atoms with Crippen molar-refractivity contribution in [3.8, 4) is 17.8 Å². The summed E-state index contributed by atoms with van der Waals surface area (Å²) in [4.78, 5) is 13.7. The molecule has 0 atom stereocenters. The van der Waals surface area contributed by atoms with Gasteiger partial charge in [-0.2, -0.15) is 20.2 Å². The Balaban J connectivity index is 2.37. The second kappa shape index (κ2) is 5.72. The molecule has 2 aromatic rings. The van der Waals surface area contributed by atoms with Crippen molar-refractivity contribution < 1.29 is 4.74 Å². The maximum atomic E-state index is 8.91. The molecule has 0 amide bonds. The van der Waals surface area contributed by atoms with Crippen molar-refractivity contribution in [1.29, 1.82) is 5.26 Å². The minimum absolute atomic E-state index is 0.0489. The largest absolute Gasteiger partial charge is 0.424 e. The summed E-state index contributed by atoms with van der Waals surface area (Å²) in [6, 6.07) is 7.28. The van der Waals surface area contributed by atoms with Gasteiger partial charge in [-0.25, -0.2) is 0 Å². The first-order chi connectivity index (χ1) is 9.49. The van der Waals surface area contributed by atoms with E-state index >= 15 is 0 Å². The summed E-state index contributed by atoms with van der Waals surface area (Å²) >= 11 is 5.84. The lowest BCUT2D eigenvalue weighted by Crippen LogP contribution is -2.13. The van der Waals surface area contributed by atoms with Gasteiger partial charge in [0.2, 0.25) is 11.2 Å². The van der Waals surface area contributed by atoms with Gasteiger partial charge in [0, 0.05) is 14.1 Å². The van der Waals surface area contributed by atoms with Crippen LogP contribution in [0.5, 0.6) is 11.8 Å². The van der Waals surface area contributed by atoms with E-state index < -0.39 is 0 Å². The summed E-state index contributed by atoms with van der Waals surface area (Å²) < 4.78 is 5.60. The molecule has 102 valence electrons. The summed E-state index contributed by atoms with van der Waals surface area (Å²) in [5.74, 6) is 0.908. The third-order valence-corrected chi connectivity index (χ3v) is 2.66. The van der Waals surface area contributed by atoms with Gasteiger partial charge in [-0.1, -0.05) is 6.07 Å². The third-order valence-electron chi connectivity index (χ3n) is 2.49. The van der Waals surface area contributed by atoms with Crippen molar-refractivity contribution in [2.75, 3.05) is 19.0 Å². The van der Waals surface area contributed by atoms with E-state index in [4.69, 9.17) is 21.6 Å². The number of benzene rings is 1. The fourth-order valence-corrected chi connectivity index (χ4v) is 1.59. The summed E-state index contributed by atoms with van der Waals surface area (Å²) in [5, 5.41) is 8.95. The van der Waals surface area contributed by atoms with Crippen LogP contribution < -0.4 is 9.64 Å². The predicted molar refractivity (Wildman–Crippen MR) is 75.1 cm³/mol. The van der Waals surface area contributed by atoms with E-state index in [0.717, 1.165) is 5.56 Å². The standard InChI is InChI=1S/C13H12ClN5O/c1-8-4-5-9(7-15)6-10(8)20-13-17-11(14)16-12(18-13)19(2)3/h4-6H,1-3H3. The number of aryl methyl sites for hydroxylation is 1. The van der Waals surface area contributed by atoms with Crippen molar-refractivity contribution >= 4 is 17.5 Å². The highest BCUT2D eigenvalue weighted by atomic mass is 35.5. The number of nitriles is 1. The first kappa shape index (κ1) is 14.0. The molecule has 0 aliphatic carbocycles. The van der Waals surface area contributed by atoms with Gasteiger partial charge in [0.1, 0.15) is 5.75 Å². The zero-order valence-electron chi connectivity index (χ0n) is 11.3. The monoisotopic (exact) mass is 289 g/mol. The molecule has 6 nitrogen and oxygen atoms in total. The summed E-state index contributed by atoms with van der Waals surface area (Å²) in [5.41, 5.74) is 1.37. The number of nitrogens with zero attached hydrogens (tertiary/aromatic N) is 5. The van der Waals surface area contributed by atoms with Crippen LogP contribution in [0.2, 0.25) is 5.28 Å². The molecule has 7 heteroatoms. The molecular weight excluding hydrogens is 278 g/mol. The van der Waals surface area contributed by atoms with E-state index in [0.29, 0.717) is 17.3 Å². The Morgan fingerprint density at radius 2 is 2.00 bits per heavy atom. The van der Waals surface area contributed by atoms with Crippen LogP contribution in [-0.4, -0.2) is 29.0 Å². The molecule has 0 saturated heterocycles. The van der Waals surface area contributed by atoms with Crippen molar-refractivity contribution in [3.05, 3.63) is 34.6 Å². The van der Waals surface area contributed by atoms with Crippen molar-refractivity contribution in [3.63, 3.8) is 0 Å². The van der Waals surface area contributed by atoms with E-state index in [-0.39, 0.29) is 11.3 Å². The third kappa shape index (κ3) is 3.13. The Kier molecular flexibility index (Phi) is 4.01. The topological polar surface area (TPSA) is 74.9 Å². The average Bonchev–Trinajstić information content (AvgIpc) is 2.40. The molecule has 0 bridgehead atoms. The lowest BCUT2D eigenvalue weighted by atomic mass is 10.1.